The number of fused-ring (bicyclic) bond motifs is 1. The number of ether oxygens (including phenoxy) is 3. The van der Waals surface area contributed by atoms with Gasteiger partial charge in [-0.1, -0.05) is 48.0 Å². The van der Waals surface area contributed by atoms with Crippen LogP contribution in [-0.2, 0) is 13.2 Å². The molecule has 0 fully saturated rings. The van der Waals surface area contributed by atoms with E-state index in [2.05, 4.69) is 42.6 Å². The summed E-state index contributed by atoms with van der Waals surface area (Å²) in [6.45, 7) is 3.60. The number of nitrogens with one attached hydrogen (secondary N) is 1. The van der Waals surface area contributed by atoms with E-state index in [1.165, 1.54) is 11.1 Å². The summed E-state index contributed by atoms with van der Waals surface area (Å²) < 4.78 is 16.8. The van der Waals surface area contributed by atoms with Crippen LogP contribution in [0.5, 0.6) is 17.2 Å². The molecule has 4 rings (SSSR count). The van der Waals surface area contributed by atoms with Gasteiger partial charge in [-0.05, 0) is 30.7 Å². The Morgan fingerprint density at radius 2 is 1.81 bits per heavy atom. The zero-order valence-corrected chi connectivity index (χ0v) is 14.7. The average molecular weight is 347 g/mol. The molecule has 0 atom stereocenters. The summed E-state index contributed by atoms with van der Waals surface area (Å²) in [6, 6.07) is 22.3. The second kappa shape index (κ2) is 7.40. The average Bonchev–Trinajstić information content (AvgIpc) is 3.13. The van der Waals surface area contributed by atoms with Crippen molar-refractivity contribution in [2.24, 2.45) is 0 Å². The van der Waals surface area contributed by atoms with Crippen molar-refractivity contribution in [3.8, 4) is 17.2 Å². The largest absolute Gasteiger partial charge is 0.489 e. The minimum absolute atomic E-state index is 0.286. The molecule has 1 aliphatic heterocycles. The summed E-state index contributed by atoms with van der Waals surface area (Å²) in [4.78, 5) is 0. The monoisotopic (exact) mass is 347 g/mol. The van der Waals surface area contributed by atoms with Crippen LogP contribution in [-0.4, -0.2) is 6.79 Å². The van der Waals surface area contributed by atoms with Crippen LogP contribution in [0.3, 0.4) is 0 Å². The Kier molecular flexibility index (Phi) is 4.65. The molecule has 0 radical (unpaired) electrons. The first-order valence-electron chi connectivity index (χ1n) is 8.68. The summed E-state index contributed by atoms with van der Waals surface area (Å²) in [5.41, 5.74) is 4.51. The molecule has 0 unspecified atom stereocenters. The zero-order chi connectivity index (χ0) is 17.8. The Balaban J connectivity index is 1.42. The van der Waals surface area contributed by atoms with Gasteiger partial charge in [-0.25, -0.2) is 0 Å². The Hall–Kier alpha value is -3.14. The molecule has 3 aromatic rings. The molecule has 4 nitrogen and oxygen atoms in total. The van der Waals surface area contributed by atoms with Gasteiger partial charge in [-0.3, -0.25) is 0 Å². The maximum absolute atomic E-state index is 6.06. The first-order chi connectivity index (χ1) is 12.8. The molecule has 132 valence electrons. The molecular formula is C22H21NO3. The van der Waals surface area contributed by atoms with Gasteiger partial charge in [-0.2, -0.15) is 0 Å². The van der Waals surface area contributed by atoms with Crippen LogP contribution in [0.1, 0.15) is 16.7 Å². The van der Waals surface area contributed by atoms with Crippen molar-refractivity contribution in [2.75, 3.05) is 12.1 Å². The fourth-order valence-electron chi connectivity index (χ4n) is 2.96. The lowest BCUT2D eigenvalue weighted by molar-refractivity contribution is 0.174. The highest BCUT2D eigenvalue weighted by Crippen LogP contribution is 2.34. The topological polar surface area (TPSA) is 39.7 Å². The van der Waals surface area contributed by atoms with Crippen LogP contribution in [0.15, 0.2) is 66.7 Å². The Morgan fingerprint density at radius 1 is 0.923 bits per heavy atom. The molecule has 1 heterocycles. The second-order valence-corrected chi connectivity index (χ2v) is 6.31. The van der Waals surface area contributed by atoms with E-state index in [1.54, 1.807) is 0 Å². The summed E-state index contributed by atoms with van der Waals surface area (Å²) >= 11 is 0. The van der Waals surface area contributed by atoms with Gasteiger partial charge in [0, 0.05) is 23.9 Å². The zero-order valence-electron chi connectivity index (χ0n) is 14.7. The Labute approximate surface area is 153 Å². The number of aryl methyl sites for hydroxylation is 1. The van der Waals surface area contributed by atoms with E-state index in [0.717, 1.165) is 28.5 Å². The highest BCUT2D eigenvalue weighted by Gasteiger charge is 2.13. The van der Waals surface area contributed by atoms with Crippen LogP contribution in [0.4, 0.5) is 5.69 Å². The summed E-state index contributed by atoms with van der Waals surface area (Å²) in [7, 11) is 0. The van der Waals surface area contributed by atoms with E-state index in [1.807, 2.05) is 36.4 Å². The van der Waals surface area contributed by atoms with E-state index in [4.69, 9.17) is 14.2 Å². The van der Waals surface area contributed by atoms with Crippen LogP contribution >= 0.6 is 0 Å². The van der Waals surface area contributed by atoms with Crippen molar-refractivity contribution < 1.29 is 14.2 Å². The first kappa shape index (κ1) is 16.3. The van der Waals surface area contributed by atoms with Crippen LogP contribution in [0.2, 0.25) is 0 Å². The third-order valence-electron chi connectivity index (χ3n) is 4.30. The lowest BCUT2D eigenvalue weighted by Crippen LogP contribution is -2.03. The molecule has 0 saturated heterocycles. The highest BCUT2D eigenvalue weighted by molar-refractivity contribution is 5.56. The van der Waals surface area contributed by atoms with Crippen LogP contribution < -0.4 is 19.5 Å². The van der Waals surface area contributed by atoms with Crippen molar-refractivity contribution >= 4 is 5.69 Å². The van der Waals surface area contributed by atoms with Crippen molar-refractivity contribution in [3.05, 3.63) is 83.4 Å². The third kappa shape index (κ3) is 3.75. The molecule has 3 aromatic carbocycles. The van der Waals surface area contributed by atoms with Crippen LogP contribution in [0, 0.1) is 6.92 Å². The van der Waals surface area contributed by atoms with E-state index in [9.17, 15) is 0 Å². The molecule has 0 spiro atoms. The molecule has 0 aliphatic carbocycles. The van der Waals surface area contributed by atoms with Crippen molar-refractivity contribution in [1.29, 1.82) is 0 Å². The minimum Gasteiger partial charge on any atom is -0.489 e. The van der Waals surface area contributed by atoms with Gasteiger partial charge in [0.1, 0.15) is 12.4 Å². The molecule has 1 N–H and O–H groups in total. The van der Waals surface area contributed by atoms with Gasteiger partial charge >= 0.3 is 0 Å². The van der Waals surface area contributed by atoms with Crippen LogP contribution in [0.25, 0.3) is 0 Å². The van der Waals surface area contributed by atoms with E-state index >= 15 is 0 Å². The summed E-state index contributed by atoms with van der Waals surface area (Å²) in [6.07, 6.45) is 0. The maximum Gasteiger partial charge on any atom is 0.231 e. The van der Waals surface area contributed by atoms with E-state index in [0.29, 0.717) is 13.2 Å². The second-order valence-electron chi connectivity index (χ2n) is 6.31. The smallest absolute Gasteiger partial charge is 0.231 e. The summed E-state index contributed by atoms with van der Waals surface area (Å²) in [5.74, 6) is 2.46. The molecule has 26 heavy (non-hydrogen) atoms. The molecule has 0 amide bonds. The van der Waals surface area contributed by atoms with Crippen molar-refractivity contribution in [3.63, 3.8) is 0 Å². The van der Waals surface area contributed by atoms with Gasteiger partial charge in [0.2, 0.25) is 6.79 Å². The van der Waals surface area contributed by atoms with E-state index < -0.39 is 0 Å². The number of hydrogen-bond acceptors (Lipinski definition) is 4. The number of benzene rings is 3. The van der Waals surface area contributed by atoms with Gasteiger partial charge in [0.05, 0.1) is 0 Å². The molecule has 1 aliphatic rings. The van der Waals surface area contributed by atoms with E-state index in [-0.39, 0.29) is 6.79 Å². The minimum atomic E-state index is 0.286. The molecule has 0 bridgehead atoms. The van der Waals surface area contributed by atoms with Crippen molar-refractivity contribution in [1.82, 2.24) is 0 Å². The molecule has 0 aromatic heterocycles. The highest BCUT2D eigenvalue weighted by atomic mass is 16.7. The lowest BCUT2D eigenvalue weighted by Gasteiger charge is -2.13. The fraction of sp³-hybridized carbons (Fsp3) is 0.182. The predicted molar refractivity (Wildman–Crippen MR) is 102 cm³/mol. The number of rotatable bonds is 6. The first-order valence-corrected chi connectivity index (χ1v) is 8.68. The van der Waals surface area contributed by atoms with Crippen molar-refractivity contribution in [2.45, 2.75) is 20.1 Å². The Morgan fingerprint density at radius 3 is 2.73 bits per heavy atom. The standard InChI is InChI=1S/C22H21NO3/c1-16-5-4-6-17(11-16)14-24-20-8-3-2-7-18(20)13-23-19-9-10-21-22(12-19)26-15-25-21/h2-12,23H,13-15H2,1H3. The molecule has 4 heteroatoms. The van der Waals surface area contributed by atoms with Gasteiger partial charge in [0.25, 0.3) is 0 Å². The normalized spacial score (nSPS) is 12.0. The SMILES string of the molecule is Cc1cccc(COc2ccccc2CNc2ccc3c(c2)OCO3)c1. The Bertz CT molecular complexity index is 907. The van der Waals surface area contributed by atoms with Gasteiger partial charge in [0.15, 0.2) is 11.5 Å². The quantitative estimate of drug-likeness (QED) is 0.687. The number of hydrogen-bond donors (Lipinski definition) is 1. The number of anilines is 1. The summed E-state index contributed by atoms with van der Waals surface area (Å²) in [5, 5.41) is 3.42. The third-order valence-corrected chi connectivity index (χ3v) is 4.30. The molecule has 0 saturated carbocycles. The maximum atomic E-state index is 6.06. The number of para-hydroxylation sites is 1. The lowest BCUT2D eigenvalue weighted by atomic mass is 10.1. The van der Waals surface area contributed by atoms with Gasteiger partial charge < -0.3 is 19.5 Å². The van der Waals surface area contributed by atoms with Gasteiger partial charge in [-0.15, -0.1) is 0 Å². The fourth-order valence-corrected chi connectivity index (χ4v) is 2.96. The predicted octanol–water partition coefficient (Wildman–Crippen LogP) is 4.91. The molecular weight excluding hydrogens is 326 g/mol.